The van der Waals surface area contributed by atoms with E-state index < -0.39 is 0 Å². The smallest absolute Gasteiger partial charge is 0.178 e. The maximum absolute atomic E-state index is 5.25. The van der Waals surface area contributed by atoms with Crippen molar-refractivity contribution in [3.63, 3.8) is 0 Å². The predicted molar refractivity (Wildman–Crippen MR) is 178 cm³/mol. The van der Waals surface area contributed by atoms with Gasteiger partial charge in [0.2, 0.25) is 0 Å². The van der Waals surface area contributed by atoms with Gasteiger partial charge in [0.05, 0.1) is 22.8 Å². The fourth-order valence-electron chi connectivity index (χ4n) is 6.43. The molecule has 6 aromatic rings. The quantitative estimate of drug-likeness (QED) is 0.220. The van der Waals surface area contributed by atoms with Gasteiger partial charge in [0, 0.05) is 71.9 Å². The van der Waals surface area contributed by atoms with Gasteiger partial charge in [-0.1, -0.05) is 62.3 Å². The van der Waals surface area contributed by atoms with Crippen LogP contribution in [0.5, 0.6) is 0 Å². The van der Waals surface area contributed by atoms with Gasteiger partial charge in [-0.2, -0.15) is 0 Å². The molecule has 0 saturated carbocycles. The molecule has 0 saturated heterocycles. The molecule has 9 heteroatoms. The van der Waals surface area contributed by atoms with Crippen LogP contribution in [0.15, 0.2) is 24.7 Å². The van der Waals surface area contributed by atoms with Gasteiger partial charge in [-0.15, -0.1) is 0 Å². The molecular formula is C35H45N9. The van der Waals surface area contributed by atoms with Gasteiger partial charge in [-0.3, -0.25) is 0 Å². The topological polar surface area (TPSA) is 92.1 Å². The molecule has 9 nitrogen and oxygen atoms in total. The van der Waals surface area contributed by atoms with Gasteiger partial charge >= 0.3 is 0 Å². The number of hydrogen-bond donors (Lipinski definition) is 0. The highest BCUT2D eigenvalue weighted by Gasteiger charge is 2.30. The second-order valence-electron chi connectivity index (χ2n) is 15.4. The van der Waals surface area contributed by atoms with Gasteiger partial charge in [0.1, 0.15) is 29.1 Å². The molecule has 0 fully saturated rings. The molecule has 0 atom stereocenters. The van der Waals surface area contributed by atoms with Crippen molar-refractivity contribution in [2.45, 2.75) is 91.9 Å². The number of hydrogen-bond acceptors (Lipinski definition) is 6. The first-order valence-electron chi connectivity index (χ1n) is 15.4. The highest BCUT2D eigenvalue weighted by molar-refractivity contribution is 5.91. The fourth-order valence-corrected chi connectivity index (χ4v) is 6.43. The minimum Gasteiger partial charge on any atom is -0.335 e. The largest absolute Gasteiger partial charge is 0.335 e. The van der Waals surface area contributed by atoms with Crippen LogP contribution in [0.4, 0.5) is 0 Å². The van der Waals surface area contributed by atoms with Crippen LogP contribution in [0.3, 0.4) is 0 Å². The van der Waals surface area contributed by atoms with Gasteiger partial charge in [-0.05, 0) is 24.6 Å². The second kappa shape index (κ2) is 9.68. The lowest BCUT2D eigenvalue weighted by molar-refractivity contribution is 0.569. The Morgan fingerprint density at radius 3 is 1.95 bits per heavy atom. The molecule has 0 aliphatic heterocycles. The number of aromatic nitrogens is 9. The number of fused-ring (bicyclic) bond motifs is 3. The Kier molecular flexibility index (Phi) is 6.58. The third kappa shape index (κ3) is 4.68. The lowest BCUT2D eigenvalue weighted by atomic mass is 9.88. The summed E-state index contributed by atoms with van der Waals surface area (Å²) < 4.78 is 6.38. The summed E-state index contributed by atoms with van der Waals surface area (Å²) in [6, 6.07) is 4.32. The van der Waals surface area contributed by atoms with Crippen molar-refractivity contribution in [3.05, 3.63) is 58.8 Å². The molecule has 0 aliphatic carbocycles. The first-order valence-corrected chi connectivity index (χ1v) is 15.4. The third-order valence-electron chi connectivity index (χ3n) is 8.65. The average Bonchev–Trinajstić information content (AvgIpc) is 3.53. The lowest BCUT2D eigenvalue weighted by Crippen LogP contribution is -2.17. The van der Waals surface area contributed by atoms with Gasteiger partial charge in [0.25, 0.3) is 0 Å². The minimum atomic E-state index is -0.206. The zero-order valence-electron chi connectivity index (χ0n) is 28.5. The molecule has 0 aromatic carbocycles. The standard InChI is InChI=1S/C35H45N9/c1-19-24-28(35(8,9)10)38-23(17-20-16-22-26(33(2,3)4)36-18-37-30(22)43(20)12)39-32(24)44(13)25(19)29-40-27(34(5,6)7)21-14-15-42(11)31(21)41-29/h14-16,18H,17H2,1-13H3. The summed E-state index contributed by atoms with van der Waals surface area (Å²) in [5.74, 6) is 1.49. The molecule has 0 amide bonds. The van der Waals surface area contributed by atoms with E-state index >= 15 is 0 Å². The molecule has 6 rings (SSSR count). The molecule has 6 aromatic heterocycles. The average molecular weight is 592 g/mol. The Hall–Kier alpha value is -4.14. The minimum absolute atomic E-state index is 0.0943. The first-order chi connectivity index (χ1) is 20.4. The van der Waals surface area contributed by atoms with E-state index in [4.69, 9.17) is 19.9 Å². The second-order valence-corrected chi connectivity index (χ2v) is 15.4. The van der Waals surface area contributed by atoms with E-state index in [0.717, 1.165) is 73.0 Å². The zero-order chi connectivity index (χ0) is 32.1. The van der Waals surface area contributed by atoms with Crippen molar-refractivity contribution in [1.29, 1.82) is 0 Å². The van der Waals surface area contributed by atoms with Crippen molar-refractivity contribution in [3.8, 4) is 11.5 Å². The molecule has 0 aliphatic rings. The molecular weight excluding hydrogens is 546 g/mol. The maximum Gasteiger partial charge on any atom is 0.178 e. The fraction of sp³-hybridized carbons (Fsp3) is 0.486. The van der Waals surface area contributed by atoms with Crippen molar-refractivity contribution < 1.29 is 0 Å². The van der Waals surface area contributed by atoms with E-state index in [0.29, 0.717) is 12.2 Å². The van der Waals surface area contributed by atoms with Crippen LogP contribution < -0.4 is 0 Å². The monoisotopic (exact) mass is 591 g/mol. The van der Waals surface area contributed by atoms with Crippen LogP contribution in [-0.2, 0) is 43.8 Å². The van der Waals surface area contributed by atoms with Crippen LogP contribution in [0.2, 0.25) is 0 Å². The Morgan fingerprint density at radius 1 is 0.659 bits per heavy atom. The van der Waals surface area contributed by atoms with Crippen molar-refractivity contribution in [1.82, 2.24) is 43.6 Å². The zero-order valence-corrected chi connectivity index (χ0v) is 28.5. The van der Waals surface area contributed by atoms with Crippen molar-refractivity contribution >= 4 is 33.1 Å². The number of nitrogens with zero attached hydrogens (tertiary/aromatic N) is 9. The van der Waals surface area contributed by atoms with E-state index in [9.17, 15) is 0 Å². The van der Waals surface area contributed by atoms with E-state index in [1.807, 2.05) is 7.05 Å². The van der Waals surface area contributed by atoms with Gasteiger partial charge in [-0.25, -0.2) is 29.9 Å². The van der Waals surface area contributed by atoms with Crippen LogP contribution in [0.1, 0.15) is 96.5 Å². The number of aryl methyl sites for hydroxylation is 4. The Balaban J connectivity index is 1.57. The highest BCUT2D eigenvalue weighted by Crippen LogP contribution is 2.38. The third-order valence-corrected chi connectivity index (χ3v) is 8.65. The predicted octanol–water partition coefficient (Wildman–Crippen LogP) is 6.99. The highest BCUT2D eigenvalue weighted by atomic mass is 15.1. The van der Waals surface area contributed by atoms with Crippen LogP contribution in [0.25, 0.3) is 44.6 Å². The molecule has 6 heterocycles. The summed E-state index contributed by atoms with van der Waals surface area (Å²) in [6.45, 7) is 22.0. The molecule has 0 radical (unpaired) electrons. The van der Waals surface area contributed by atoms with Gasteiger partial charge < -0.3 is 13.7 Å². The van der Waals surface area contributed by atoms with Crippen LogP contribution >= 0.6 is 0 Å². The summed E-state index contributed by atoms with van der Waals surface area (Å²) in [5.41, 5.74) is 8.60. The molecule has 0 spiro atoms. The van der Waals surface area contributed by atoms with E-state index in [-0.39, 0.29) is 16.2 Å². The summed E-state index contributed by atoms with van der Waals surface area (Å²) in [5, 5.41) is 3.24. The summed E-state index contributed by atoms with van der Waals surface area (Å²) in [4.78, 5) is 30.1. The maximum atomic E-state index is 5.25. The Bertz CT molecular complexity index is 2080. The van der Waals surface area contributed by atoms with Gasteiger partial charge in [0.15, 0.2) is 5.82 Å². The molecule has 0 N–H and O–H groups in total. The van der Waals surface area contributed by atoms with Crippen molar-refractivity contribution in [2.75, 3.05) is 0 Å². The molecule has 230 valence electrons. The van der Waals surface area contributed by atoms with E-state index in [1.165, 1.54) is 0 Å². The van der Waals surface area contributed by atoms with Crippen LogP contribution in [-0.4, -0.2) is 43.6 Å². The summed E-state index contributed by atoms with van der Waals surface area (Å²) >= 11 is 0. The summed E-state index contributed by atoms with van der Waals surface area (Å²) in [7, 11) is 6.18. The van der Waals surface area contributed by atoms with Crippen molar-refractivity contribution in [2.24, 2.45) is 21.1 Å². The SMILES string of the molecule is Cc1c(-c2nc(C(C)(C)C)c3ccn(C)c3n2)n(C)c2nc(Cc3cc4c(C(C)(C)C)ncnc4n3C)nc(C(C)(C)C)c12. The lowest BCUT2D eigenvalue weighted by Gasteiger charge is -2.20. The summed E-state index contributed by atoms with van der Waals surface area (Å²) in [6.07, 6.45) is 4.31. The van der Waals surface area contributed by atoms with E-state index in [2.05, 4.69) is 125 Å². The first kappa shape index (κ1) is 29.9. The van der Waals surface area contributed by atoms with E-state index in [1.54, 1.807) is 6.33 Å². The normalized spacial score (nSPS) is 13.2. The molecule has 0 bridgehead atoms. The Labute approximate surface area is 259 Å². The van der Waals surface area contributed by atoms with Crippen LogP contribution in [0, 0.1) is 6.92 Å². The number of rotatable bonds is 3. The molecule has 0 unspecified atom stereocenters. The Morgan fingerprint density at radius 2 is 1.32 bits per heavy atom. The molecule has 44 heavy (non-hydrogen) atoms.